The van der Waals surface area contributed by atoms with Crippen LogP contribution >= 0.6 is 0 Å². The summed E-state index contributed by atoms with van der Waals surface area (Å²) >= 11 is 0. The quantitative estimate of drug-likeness (QED) is 0.222. The molecule has 0 amide bonds. The highest BCUT2D eigenvalue weighted by Crippen LogP contribution is 2.43. The molecule has 4 aliphatic heterocycles. The second kappa shape index (κ2) is 10.6. The molecule has 3 N–H and O–H groups in total. The molecule has 0 unspecified atom stereocenters. The van der Waals surface area contributed by atoms with E-state index in [0.717, 1.165) is 19.4 Å². The third-order valence-corrected chi connectivity index (χ3v) is 10.0. The molecule has 0 spiro atoms. The van der Waals surface area contributed by atoms with Crippen molar-refractivity contribution in [2.45, 2.75) is 56.1 Å². The predicted octanol–water partition coefficient (Wildman–Crippen LogP) is 5.49. The Hall–Kier alpha value is -4.40. The Labute approximate surface area is 269 Å². The number of nitrogen functional groups attached to an aromatic ring is 1. The van der Waals surface area contributed by atoms with E-state index in [4.69, 9.17) is 26.0 Å². The fourth-order valence-corrected chi connectivity index (χ4v) is 7.99. The minimum atomic E-state index is -2.30. The van der Waals surface area contributed by atoms with E-state index < -0.39 is 29.6 Å². The standard InChI is InChI=1S/C35H34F3N7O/c1-3-24-27(37)6-5-21-11-22(39)12-25(28(21)24)30-29(38)31-26(15-40-30)32(44-17-23-7-9-34(2,18-44)43-23)42-33(41-31)46-19-35-8-4-10-45(35)16-20(13-35)14-36/h1,5-6,11-12,14-15,23,43H,4,7-10,13,16-19,39H2,2H3/b20-14-/t23-,34+,35-/m0/s1/i2D3. The molecule has 2 bridgehead atoms. The van der Waals surface area contributed by atoms with Gasteiger partial charge >= 0.3 is 6.01 Å². The molecule has 4 saturated heterocycles. The lowest BCUT2D eigenvalue weighted by Gasteiger charge is -2.40. The lowest BCUT2D eigenvalue weighted by molar-refractivity contribution is 0.108. The van der Waals surface area contributed by atoms with Crippen LogP contribution in [0.3, 0.4) is 0 Å². The highest BCUT2D eigenvalue weighted by molar-refractivity contribution is 6.03. The third kappa shape index (κ3) is 4.57. The topological polar surface area (TPSA) is 92.4 Å². The molecule has 0 radical (unpaired) electrons. The number of hydrogen-bond donors (Lipinski definition) is 2. The van der Waals surface area contributed by atoms with Crippen LogP contribution in [0.2, 0.25) is 0 Å². The van der Waals surface area contributed by atoms with E-state index >= 15 is 4.39 Å². The van der Waals surface area contributed by atoms with Gasteiger partial charge in [-0.1, -0.05) is 12.0 Å². The van der Waals surface area contributed by atoms with Gasteiger partial charge in [0.1, 0.15) is 29.5 Å². The molecule has 2 aromatic heterocycles. The van der Waals surface area contributed by atoms with Crippen LogP contribution in [-0.4, -0.2) is 69.8 Å². The molecule has 8 rings (SSSR count). The summed E-state index contributed by atoms with van der Waals surface area (Å²) < 4.78 is 76.8. The van der Waals surface area contributed by atoms with Crippen molar-refractivity contribution in [1.29, 1.82) is 0 Å². The molecule has 4 aliphatic rings. The average molecular weight is 629 g/mol. The summed E-state index contributed by atoms with van der Waals surface area (Å²) in [4.78, 5) is 17.9. The van der Waals surface area contributed by atoms with Gasteiger partial charge in [-0.2, -0.15) is 9.97 Å². The van der Waals surface area contributed by atoms with Crippen LogP contribution in [0, 0.1) is 24.0 Å². The zero-order valence-corrected chi connectivity index (χ0v) is 25.0. The van der Waals surface area contributed by atoms with E-state index in [1.807, 2.05) is 4.90 Å². The third-order valence-electron chi connectivity index (χ3n) is 10.0. The second-order valence-corrected chi connectivity index (χ2v) is 13.1. The summed E-state index contributed by atoms with van der Waals surface area (Å²) in [6.45, 7) is -0.291. The Balaban J connectivity index is 1.29. The fraction of sp³-hybridized carbons (Fsp3) is 0.400. The van der Waals surface area contributed by atoms with Gasteiger partial charge in [-0.15, -0.1) is 6.42 Å². The van der Waals surface area contributed by atoms with Gasteiger partial charge in [0.2, 0.25) is 0 Å². The van der Waals surface area contributed by atoms with Crippen LogP contribution in [0.1, 0.15) is 48.6 Å². The molecule has 4 fully saturated rings. The zero-order valence-electron chi connectivity index (χ0n) is 28.0. The van der Waals surface area contributed by atoms with Gasteiger partial charge in [0.15, 0.2) is 5.82 Å². The van der Waals surface area contributed by atoms with E-state index in [1.54, 1.807) is 6.07 Å². The maximum Gasteiger partial charge on any atom is 0.319 e. The van der Waals surface area contributed by atoms with Gasteiger partial charge in [-0.25, -0.2) is 13.2 Å². The number of halogens is 3. The van der Waals surface area contributed by atoms with Crippen LogP contribution in [0.4, 0.5) is 24.7 Å². The number of rotatable bonds is 5. The molecular weight excluding hydrogens is 591 g/mol. The van der Waals surface area contributed by atoms with Crippen molar-refractivity contribution in [3.05, 3.63) is 59.6 Å². The number of terminal acetylenes is 1. The number of ether oxygens (including phenoxy) is 1. The Bertz CT molecular complexity index is 2100. The van der Waals surface area contributed by atoms with Crippen molar-refractivity contribution in [2.24, 2.45) is 0 Å². The molecule has 4 aromatic rings. The highest BCUT2D eigenvalue weighted by Gasteiger charge is 2.47. The summed E-state index contributed by atoms with van der Waals surface area (Å²) in [5, 5.41) is 4.37. The average Bonchev–Trinajstić information content (AvgIpc) is 3.73. The van der Waals surface area contributed by atoms with Crippen molar-refractivity contribution in [2.75, 3.05) is 43.4 Å². The fourth-order valence-electron chi connectivity index (χ4n) is 7.99. The summed E-state index contributed by atoms with van der Waals surface area (Å²) in [6, 6.07) is 5.67. The number of benzene rings is 2. The predicted molar refractivity (Wildman–Crippen MR) is 172 cm³/mol. The SMILES string of the molecule is [2H]C([2H])([2H])[C@@]12CC[C@@H](CN(c3nc(OC[C@@]45CCCN4C/C(=C\F)C5)nc4c(F)c(-c5cc(N)cc6ccc(F)c(C#C)c56)ncc34)C1)N2. The minimum absolute atomic E-state index is 0.0499. The van der Waals surface area contributed by atoms with E-state index in [-0.39, 0.29) is 58.3 Å². The highest BCUT2D eigenvalue weighted by atomic mass is 19.1. The first-order chi connectivity index (χ1) is 23.4. The number of aromatic nitrogens is 3. The number of piperazine rings is 1. The summed E-state index contributed by atoms with van der Waals surface area (Å²) in [5.41, 5.74) is 5.49. The van der Waals surface area contributed by atoms with Crippen LogP contribution in [0.15, 0.2) is 42.4 Å². The van der Waals surface area contributed by atoms with Gasteiger partial charge in [-0.05, 0) is 74.7 Å². The lowest BCUT2D eigenvalue weighted by Crippen LogP contribution is -2.58. The Morgan fingerprint density at radius 1 is 1.28 bits per heavy atom. The zero-order chi connectivity index (χ0) is 34.3. The number of anilines is 2. The largest absolute Gasteiger partial charge is 0.461 e. The first-order valence-corrected chi connectivity index (χ1v) is 15.5. The number of nitrogens with one attached hydrogen (secondary N) is 1. The van der Waals surface area contributed by atoms with Crippen molar-refractivity contribution < 1.29 is 22.0 Å². The van der Waals surface area contributed by atoms with Crippen LogP contribution in [0.5, 0.6) is 6.01 Å². The maximum absolute atomic E-state index is 17.0. The molecule has 11 heteroatoms. The van der Waals surface area contributed by atoms with Gasteiger partial charge < -0.3 is 20.7 Å². The van der Waals surface area contributed by atoms with E-state index in [9.17, 15) is 8.78 Å². The second-order valence-electron chi connectivity index (χ2n) is 13.1. The van der Waals surface area contributed by atoms with E-state index in [0.29, 0.717) is 61.1 Å². The van der Waals surface area contributed by atoms with E-state index in [2.05, 4.69) is 26.1 Å². The molecule has 6 heterocycles. The summed E-state index contributed by atoms with van der Waals surface area (Å²) in [6.07, 6.45) is 11.2. The molecule has 8 nitrogen and oxygen atoms in total. The summed E-state index contributed by atoms with van der Waals surface area (Å²) in [5.74, 6) is 1.22. The Morgan fingerprint density at radius 3 is 3.00 bits per heavy atom. The number of nitrogens with zero attached hydrogens (tertiary/aromatic N) is 5. The van der Waals surface area contributed by atoms with Crippen LogP contribution in [0.25, 0.3) is 32.9 Å². The monoisotopic (exact) mass is 628 g/mol. The molecule has 0 saturated carbocycles. The summed E-state index contributed by atoms with van der Waals surface area (Å²) in [7, 11) is 0. The lowest BCUT2D eigenvalue weighted by atomic mass is 9.94. The number of fused-ring (bicyclic) bond motifs is 5. The van der Waals surface area contributed by atoms with Crippen molar-refractivity contribution in [3.8, 4) is 29.6 Å². The normalized spacial score (nSPS) is 28.0. The molecule has 236 valence electrons. The van der Waals surface area contributed by atoms with Crippen LogP contribution in [-0.2, 0) is 0 Å². The van der Waals surface area contributed by atoms with Crippen molar-refractivity contribution in [3.63, 3.8) is 0 Å². The number of nitrogens with two attached hydrogens (primary N) is 1. The van der Waals surface area contributed by atoms with Gasteiger partial charge in [0.05, 0.1) is 22.8 Å². The first kappa shape index (κ1) is 25.8. The molecular formula is C35H34F3N7O. The first-order valence-electron chi connectivity index (χ1n) is 17.0. The van der Waals surface area contributed by atoms with Crippen molar-refractivity contribution in [1.82, 2.24) is 25.2 Å². The van der Waals surface area contributed by atoms with Crippen LogP contribution < -0.4 is 20.7 Å². The molecule has 2 aromatic carbocycles. The van der Waals surface area contributed by atoms with Crippen molar-refractivity contribution >= 4 is 33.2 Å². The minimum Gasteiger partial charge on any atom is -0.461 e. The van der Waals surface area contributed by atoms with E-state index in [1.165, 1.54) is 24.4 Å². The Kier molecular flexibility index (Phi) is 5.92. The molecule has 0 aliphatic carbocycles. The molecule has 3 atom stereocenters. The van der Waals surface area contributed by atoms with Gasteiger partial charge in [0, 0.05) is 58.2 Å². The number of pyridine rings is 1. The Morgan fingerprint density at radius 2 is 2.17 bits per heavy atom. The maximum atomic E-state index is 17.0. The van der Waals surface area contributed by atoms with Gasteiger partial charge in [-0.3, -0.25) is 9.88 Å². The smallest absolute Gasteiger partial charge is 0.319 e. The van der Waals surface area contributed by atoms with Gasteiger partial charge in [0.25, 0.3) is 0 Å². The number of hydrogen-bond acceptors (Lipinski definition) is 8. The molecule has 46 heavy (non-hydrogen) atoms.